The number of nitrogens with one attached hydrogen (secondary N) is 1. The molecule has 3 rings (SSSR count). The van der Waals surface area contributed by atoms with Crippen LogP contribution in [0.1, 0.15) is 29.5 Å². The minimum Gasteiger partial charge on any atom is -0.324 e. The molecule has 1 N–H and O–H groups in total. The first kappa shape index (κ1) is 21.2. The number of nitrogens with zero attached hydrogens (tertiary/aromatic N) is 1. The van der Waals surface area contributed by atoms with E-state index in [9.17, 15) is 31.1 Å². The van der Waals surface area contributed by atoms with Gasteiger partial charge in [-0.15, -0.1) is 0 Å². The zero-order valence-electron chi connectivity index (χ0n) is 15.1. The number of alkyl halides is 6. The number of hydrogen-bond acceptors (Lipinski definition) is 2. The lowest BCUT2D eigenvalue weighted by atomic mass is 10.1. The predicted molar refractivity (Wildman–Crippen MR) is 94.9 cm³/mol. The normalized spacial score (nSPS) is 14.9. The molecular weight excluding hydrogens is 398 g/mol. The molecule has 1 aliphatic carbocycles. The quantitative estimate of drug-likeness (QED) is 0.646. The second-order valence-corrected chi connectivity index (χ2v) is 6.92. The van der Waals surface area contributed by atoms with Crippen LogP contribution in [0.25, 0.3) is 0 Å². The van der Waals surface area contributed by atoms with Gasteiger partial charge in [0.25, 0.3) is 0 Å². The SMILES string of the molecule is O=C(CN(Cc1ccc(C(F)(F)F)cc1)C1CC1)Nc1ccccc1C(F)(F)F. The topological polar surface area (TPSA) is 32.3 Å². The summed E-state index contributed by atoms with van der Waals surface area (Å²) in [4.78, 5) is 14.1. The summed E-state index contributed by atoms with van der Waals surface area (Å²) in [6.07, 6.45) is -7.37. The van der Waals surface area contributed by atoms with Gasteiger partial charge in [-0.3, -0.25) is 9.69 Å². The molecule has 1 aliphatic rings. The molecule has 3 nitrogen and oxygen atoms in total. The Morgan fingerprint density at radius 2 is 1.55 bits per heavy atom. The molecule has 156 valence electrons. The van der Waals surface area contributed by atoms with Crippen molar-refractivity contribution in [2.75, 3.05) is 11.9 Å². The highest BCUT2D eigenvalue weighted by molar-refractivity contribution is 5.93. The van der Waals surface area contributed by atoms with Crippen LogP contribution in [0, 0.1) is 0 Å². The molecular formula is C20H18F6N2O. The Labute approximate surface area is 163 Å². The minimum atomic E-state index is -4.60. The van der Waals surface area contributed by atoms with Gasteiger partial charge in [0.15, 0.2) is 0 Å². The zero-order chi connectivity index (χ0) is 21.2. The van der Waals surface area contributed by atoms with E-state index in [2.05, 4.69) is 5.32 Å². The van der Waals surface area contributed by atoms with Crippen LogP contribution < -0.4 is 5.32 Å². The number of halogens is 6. The highest BCUT2D eigenvalue weighted by Crippen LogP contribution is 2.35. The summed E-state index contributed by atoms with van der Waals surface area (Å²) in [7, 11) is 0. The van der Waals surface area contributed by atoms with Crippen LogP contribution in [0.5, 0.6) is 0 Å². The highest BCUT2D eigenvalue weighted by atomic mass is 19.4. The lowest BCUT2D eigenvalue weighted by molar-refractivity contribution is -0.138. The van der Waals surface area contributed by atoms with Gasteiger partial charge in [-0.1, -0.05) is 24.3 Å². The van der Waals surface area contributed by atoms with Gasteiger partial charge >= 0.3 is 12.4 Å². The van der Waals surface area contributed by atoms with Crippen molar-refractivity contribution in [3.05, 3.63) is 65.2 Å². The lowest BCUT2D eigenvalue weighted by Crippen LogP contribution is -2.34. The maximum absolute atomic E-state index is 13.1. The minimum absolute atomic E-state index is 0.0842. The smallest absolute Gasteiger partial charge is 0.324 e. The molecule has 1 amide bonds. The maximum Gasteiger partial charge on any atom is 0.418 e. The van der Waals surface area contributed by atoms with E-state index in [0.717, 1.165) is 31.0 Å². The summed E-state index contributed by atoms with van der Waals surface area (Å²) in [6.45, 7) is 0.0784. The standard InChI is InChI=1S/C20H18F6N2O/c21-19(22,23)14-7-5-13(6-8-14)11-28(15-9-10-15)12-18(29)27-17-4-2-1-3-16(17)20(24,25)26/h1-8,15H,9-12H2,(H,27,29). The van der Waals surface area contributed by atoms with E-state index in [0.29, 0.717) is 5.56 Å². The Bertz CT molecular complexity index is 857. The van der Waals surface area contributed by atoms with E-state index in [1.807, 2.05) is 0 Å². The first-order valence-electron chi connectivity index (χ1n) is 8.90. The number of rotatable bonds is 6. The number of hydrogen-bond donors (Lipinski definition) is 1. The van der Waals surface area contributed by atoms with E-state index < -0.39 is 29.4 Å². The molecule has 0 saturated heterocycles. The van der Waals surface area contributed by atoms with Crippen molar-refractivity contribution in [2.24, 2.45) is 0 Å². The van der Waals surface area contributed by atoms with E-state index in [1.165, 1.54) is 30.3 Å². The molecule has 0 heterocycles. The van der Waals surface area contributed by atoms with Gasteiger partial charge in [0.1, 0.15) is 0 Å². The van der Waals surface area contributed by atoms with Crippen molar-refractivity contribution in [1.29, 1.82) is 0 Å². The molecule has 2 aromatic carbocycles. The fourth-order valence-electron chi connectivity index (χ4n) is 3.00. The van der Waals surface area contributed by atoms with Gasteiger partial charge in [0, 0.05) is 12.6 Å². The van der Waals surface area contributed by atoms with Crippen molar-refractivity contribution in [1.82, 2.24) is 4.90 Å². The predicted octanol–water partition coefficient (Wildman–Crippen LogP) is 5.33. The van der Waals surface area contributed by atoms with Crippen LogP contribution in [-0.2, 0) is 23.7 Å². The Morgan fingerprint density at radius 3 is 2.10 bits per heavy atom. The van der Waals surface area contributed by atoms with Gasteiger partial charge in [0.2, 0.25) is 5.91 Å². The number of para-hydroxylation sites is 1. The summed E-state index contributed by atoms with van der Waals surface area (Å²) in [5.74, 6) is -0.611. The number of anilines is 1. The van der Waals surface area contributed by atoms with E-state index in [1.54, 1.807) is 4.90 Å². The van der Waals surface area contributed by atoms with Crippen molar-refractivity contribution in [3.8, 4) is 0 Å². The Hall–Kier alpha value is -2.55. The van der Waals surface area contributed by atoms with Gasteiger partial charge in [0.05, 0.1) is 23.4 Å². The molecule has 0 radical (unpaired) electrons. The maximum atomic E-state index is 13.1. The number of benzene rings is 2. The zero-order valence-corrected chi connectivity index (χ0v) is 15.1. The van der Waals surface area contributed by atoms with Crippen LogP contribution in [0.4, 0.5) is 32.0 Å². The lowest BCUT2D eigenvalue weighted by Gasteiger charge is -2.22. The Morgan fingerprint density at radius 1 is 0.931 bits per heavy atom. The van der Waals surface area contributed by atoms with Crippen molar-refractivity contribution in [3.63, 3.8) is 0 Å². The average molecular weight is 416 g/mol. The monoisotopic (exact) mass is 416 g/mol. The number of carbonyl (C=O) groups is 1. The van der Waals surface area contributed by atoms with Crippen molar-refractivity contribution in [2.45, 2.75) is 37.8 Å². The average Bonchev–Trinajstić information content (AvgIpc) is 3.45. The van der Waals surface area contributed by atoms with Crippen LogP contribution in [0.2, 0.25) is 0 Å². The first-order chi connectivity index (χ1) is 13.5. The third-order valence-electron chi connectivity index (χ3n) is 4.58. The molecule has 1 saturated carbocycles. The molecule has 2 aromatic rings. The van der Waals surface area contributed by atoms with Gasteiger partial charge < -0.3 is 5.32 Å². The molecule has 9 heteroatoms. The van der Waals surface area contributed by atoms with Gasteiger partial charge in [-0.2, -0.15) is 26.3 Å². The summed E-state index contributed by atoms with van der Waals surface area (Å²) in [5, 5.41) is 2.30. The molecule has 0 bridgehead atoms. The van der Waals surface area contributed by atoms with Gasteiger partial charge in [-0.25, -0.2) is 0 Å². The van der Waals surface area contributed by atoms with E-state index >= 15 is 0 Å². The van der Waals surface area contributed by atoms with Crippen molar-refractivity contribution >= 4 is 11.6 Å². The fourth-order valence-corrected chi connectivity index (χ4v) is 3.00. The third-order valence-corrected chi connectivity index (χ3v) is 4.58. The number of carbonyl (C=O) groups excluding carboxylic acids is 1. The summed E-state index contributed by atoms with van der Waals surface area (Å²) < 4.78 is 77.2. The first-order valence-corrected chi connectivity index (χ1v) is 8.90. The molecule has 29 heavy (non-hydrogen) atoms. The Balaban J connectivity index is 1.67. The summed E-state index contributed by atoms with van der Waals surface area (Å²) in [6, 6.07) is 9.41. The Kier molecular flexibility index (Phi) is 5.88. The van der Waals surface area contributed by atoms with Crippen LogP contribution >= 0.6 is 0 Å². The third kappa shape index (κ3) is 5.72. The van der Waals surface area contributed by atoms with Crippen LogP contribution in [0.15, 0.2) is 48.5 Å². The van der Waals surface area contributed by atoms with E-state index in [-0.39, 0.29) is 24.8 Å². The molecule has 0 aliphatic heterocycles. The second kappa shape index (κ2) is 8.06. The molecule has 0 aromatic heterocycles. The van der Waals surface area contributed by atoms with E-state index in [4.69, 9.17) is 0 Å². The highest BCUT2D eigenvalue weighted by Gasteiger charge is 2.35. The molecule has 1 fully saturated rings. The van der Waals surface area contributed by atoms with Crippen molar-refractivity contribution < 1.29 is 31.1 Å². The van der Waals surface area contributed by atoms with Crippen LogP contribution in [-0.4, -0.2) is 23.4 Å². The van der Waals surface area contributed by atoms with Crippen LogP contribution in [0.3, 0.4) is 0 Å². The van der Waals surface area contributed by atoms with Gasteiger partial charge in [-0.05, 0) is 42.7 Å². The second-order valence-electron chi connectivity index (χ2n) is 6.92. The number of amides is 1. The molecule has 0 atom stereocenters. The summed E-state index contributed by atoms with van der Waals surface area (Å²) in [5.41, 5.74) is -1.43. The fraction of sp³-hybridized carbons (Fsp3) is 0.350. The molecule has 0 spiro atoms. The largest absolute Gasteiger partial charge is 0.418 e. The summed E-state index contributed by atoms with van der Waals surface area (Å²) >= 11 is 0. The molecule has 0 unspecified atom stereocenters.